The van der Waals surface area contributed by atoms with Crippen LogP contribution in [0.2, 0.25) is 0 Å². The molecule has 8 nitrogen and oxygen atoms in total. The van der Waals surface area contributed by atoms with Crippen LogP contribution in [0.1, 0.15) is 32.6 Å². The standard InChI is InChI=1S/C13H22N4O4/c1-7(15-12(20)10(18)8-4-5-8)13(21)17-6-2-3-9(16-17)11(14)19/h7-10,16,18H,2-6H2,1H3,(H2,14,19)(H,15,20). The minimum atomic E-state index is -1.05. The Hall–Kier alpha value is -1.67. The molecule has 1 saturated carbocycles. The van der Waals surface area contributed by atoms with Crippen LogP contribution in [-0.2, 0) is 14.4 Å². The van der Waals surface area contributed by atoms with Gasteiger partial charge in [0.25, 0.3) is 5.91 Å². The molecule has 2 fully saturated rings. The first kappa shape index (κ1) is 15.7. The molecule has 5 N–H and O–H groups in total. The fourth-order valence-electron chi connectivity index (χ4n) is 2.37. The van der Waals surface area contributed by atoms with Gasteiger partial charge in [0, 0.05) is 6.54 Å². The maximum Gasteiger partial charge on any atom is 0.258 e. The fourth-order valence-corrected chi connectivity index (χ4v) is 2.37. The molecule has 0 aromatic carbocycles. The summed E-state index contributed by atoms with van der Waals surface area (Å²) in [5.41, 5.74) is 7.99. The number of hydrogen-bond acceptors (Lipinski definition) is 5. The molecule has 1 aliphatic carbocycles. The lowest BCUT2D eigenvalue weighted by Gasteiger charge is -2.34. The van der Waals surface area contributed by atoms with Gasteiger partial charge in [-0.05, 0) is 38.5 Å². The third-order valence-corrected chi connectivity index (χ3v) is 3.86. The number of nitrogens with one attached hydrogen (secondary N) is 2. The van der Waals surface area contributed by atoms with Crippen molar-refractivity contribution >= 4 is 17.7 Å². The summed E-state index contributed by atoms with van der Waals surface area (Å²) in [7, 11) is 0. The van der Waals surface area contributed by atoms with E-state index in [2.05, 4.69) is 10.7 Å². The topological polar surface area (TPSA) is 125 Å². The van der Waals surface area contributed by atoms with Crippen molar-refractivity contribution in [2.75, 3.05) is 6.54 Å². The van der Waals surface area contributed by atoms with Crippen LogP contribution in [0.25, 0.3) is 0 Å². The Kier molecular flexibility index (Phi) is 4.79. The van der Waals surface area contributed by atoms with Gasteiger partial charge >= 0.3 is 0 Å². The number of nitrogens with two attached hydrogens (primary N) is 1. The van der Waals surface area contributed by atoms with E-state index in [0.29, 0.717) is 19.4 Å². The van der Waals surface area contributed by atoms with Crippen molar-refractivity contribution < 1.29 is 19.5 Å². The van der Waals surface area contributed by atoms with Gasteiger partial charge in [0.05, 0.1) is 0 Å². The lowest BCUT2D eigenvalue weighted by Crippen LogP contribution is -2.60. The van der Waals surface area contributed by atoms with Crippen LogP contribution in [0.3, 0.4) is 0 Å². The lowest BCUT2D eigenvalue weighted by molar-refractivity contribution is -0.143. The first-order chi connectivity index (χ1) is 9.90. The Morgan fingerprint density at radius 1 is 1.33 bits per heavy atom. The number of rotatable bonds is 5. The van der Waals surface area contributed by atoms with Crippen molar-refractivity contribution in [3.05, 3.63) is 0 Å². The number of amides is 3. The molecule has 0 bridgehead atoms. The molecule has 118 valence electrons. The zero-order chi connectivity index (χ0) is 15.6. The Balaban J connectivity index is 1.86. The van der Waals surface area contributed by atoms with Crippen molar-refractivity contribution in [1.29, 1.82) is 0 Å². The highest BCUT2D eigenvalue weighted by Gasteiger charge is 2.36. The molecule has 1 saturated heterocycles. The number of aliphatic hydroxyl groups is 1. The van der Waals surface area contributed by atoms with Gasteiger partial charge in [-0.3, -0.25) is 19.4 Å². The molecule has 3 atom stereocenters. The zero-order valence-corrected chi connectivity index (χ0v) is 12.0. The summed E-state index contributed by atoms with van der Waals surface area (Å²) in [6.07, 6.45) is 1.88. The van der Waals surface area contributed by atoms with Crippen molar-refractivity contribution in [3.8, 4) is 0 Å². The second kappa shape index (κ2) is 6.40. The van der Waals surface area contributed by atoms with Gasteiger partial charge in [0.1, 0.15) is 18.2 Å². The molecule has 1 aliphatic heterocycles. The van der Waals surface area contributed by atoms with Crippen LogP contribution in [0.15, 0.2) is 0 Å². The Bertz CT molecular complexity index is 438. The predicted octanol–water partition coefficient (Wildman–Crippen LogP) is -1.76. The van der Waals surface area contributed by atoms with E-state index in [1.807, 2.05) is 0 Å². The number of carbonyl (C=O) groups is 3. The van der Waals surface area contributed by atoms with Gasteiger partial charge in [0.2, 0.25) is 11.8 Å². The van der Waals surface area contributed by atoms with Crippen LogP contribution in [0, 0.1) is 5.92 Å². The first-order valence-electron chi connectivity index (χ1n) is 7.25. The van der Waals surface area contributed by atoms with E-state index >= 15 is 0 Å². The van der Waals surface area contributed by atoms with Gasteiger partial charge in [-0.1, -0.05) is 0 Å². The smallest absolute Gasteiger partial charge is 0.258 e. The summed E-state index contributed by atoms with van der Waals surface area (Å²) in [5.74, 6) is -1.37. The molecule has 0 spiro atoms. The molecule has 2 rings (SSSR count). The van der Waals surface area contributed by atoms with Gasteiger partial charge in [0.15, 0.2) is 0 Å². The van der Waals surface area contributed by atoms with Crippen LogP contribution in [-0.4, -0.2) is 52.6 Å². The van der Waals surface area contributed by atoms with Crippen molar-refractivity contribution in [2.24, 2.45) is 11.7 Å². The van der Waals surface area contributed by atoms with E-state index in [4.69, 9.17) is 5.73 Å². The van der Waals surface area contributed by atoms with E-state index in [1.54, 1.807) is 6.92 Å². The van der Waals surface area contributed by atoms with E-state index in [9.17, 15) is 19.5 Å². The first-order valence-corrected chi connectivity index (χ1v) is 7.25. The van der Waals surface area contributed by atoms with E-state index < -0.39 is 30.0 Å². The molecule has 2 aliphatic rings. The zero-order valence-electron chi connectivity index (χ0n) is 12.0. The number of aliphatic hydroxyl groups excluding tert-OH is 1. The monoisotopic (exact) mass is 298 g/mol. The summed E-state index contributed by atoms with van der Waals surface area (Å²) in [6.45, 7) is 2.00. The minimum absolute atomic E-state index is 0.0136. The molecule has 0 aromatic rings. The molecule has 8 heteroatoms. The molecule has 3 amide bonds. The van der Waals surface area contributed by atoms with Crippen LogP contribution in [0.4, 0.5) is 0 Å². The number of hydrazine groups is 1. The van der Waals surface area contributed by atoms with Crippen molar-refractivity contribution in [3.63, 3.8) is 0 Å². The number of hydrogen-bond donors (Lipinski definition) is 4. The molecule has 1 heterocycles. The highest BCUT2D eigenvalue weighted by molar-refractivity contribution is 5.89. The molecule has 21 heavy (non-hydrogen) atoms. The quantitative estimate of drug-likeness (QED) is 0.479. The maximum atomic E-state index is 12.2. The van der Waals surface area contributed by atoms with E-state index in [-0.39, 0.29) is 11.8 Å². The van der Waals surface area contributed by atoms with Crippen molar-refractivity contribution in [2.45, 2.75) is 50.8 Å². The molecule has 0 aromatic heterocycles. The van der Waals surface area contributed by atoms with Gasteiger partial charge in [-0.2, -0.15) is 0 Å². The summed E-state index contributed by atoms with van der Waals surface area (Å²) in [5, 5.41) is 13.5. The predicted molar refractivity (Wildman–Crippen MR) is 73.4 cm³/mol. The summed E-state index contributed by atoms with van der Waals surface area (Å²) < 4.78 is 0. The van der Waals surface area contributed by atoms with Crippen LogP contribution in [0.5, 0.6) is 0 Å². The van der Waals surface area contributed by atoms with Crippen LogP contribution >= 0.6 is 0 Å². The van der Waals surface area contributed by atoms with E-state index in [1.165, 1.54) is 5.01 Å². The number of carbonyl (C=O) groups excluding carboxylic acids is 3. The Morgan fingerprint density at radius 3 is 2.57 bits per heavy atom. The average Bonchev–Trinajstić information content (AvgIpc) is 3.30. The van der Waals surface area contributed by atoms with Gasteiger partial charge in [-0.25, -0.2) is 5.43 Å². The maximum absolute atomic E-state index is 12.2. The number of nitrogens with zero attached hydrogens (tertiary/aromatic N) is 1. The van der Waals surface area contributed by atoms with Gasteiger partial charge in [-0.15, -0.1) is 0 Å². The highest BCUT2D eigenvalue weighted by Crippen LogP contribution is 2.32. The third-order valence-electron chi connectivity index (χ3n) is 3.86. The second-order valence-corrected chi connectivity index (χ2v) is 5.73. The molecular weight excluding hydrogens is 276 g/mol. The van der Waals surface area contributed by atoms with Crippen molar-refractivity contribution in [1.82, 2.24) is 15.8 Å². The third kappa shape index (κ3) is 3.92. The second-order valence-electron chi connectivity index (χ2n) is 5.73. The van der Waals surface area contributed by atoms with E-state index in [0.717, 1.165) is 12.8 Å². The minimum Gasteiger partial charge on any atom is -0.383 e. The summed E-state index contributed by atoms with van der Waals surface area (Å²) in [6, 6.07) is -1.34. The summed E-state index contributed by atoms with van der Waals surface area (Å²) >= 11 is 0. The molecule has 3 unspecified atom stereocenters. The molecular formula is C13H22N4O4. The summed E-state index contributed by atoms with van der Waals surface area (Å²) in [4.78, 5) is 35.2. The number of primary amides is 1. The lowest BCUT2D eigenvalue weighted by atomic mass is 10.1. The van der Waals surface area contributed by atoms with Gasteiger partial charge < -0.3 is 16.2 Å². The molecule has 0 radical (unpaired) electrons. The SMILES string of the molecule is CC(NC(=O)C(O)C1CC1)C(=O)N1CCCC(C(N)=O)N1. The normalized spacial score (nSPS) is 25.0. The largest absolute Gasteiger partial charge is 0.383 e. The highest BCUT2D eigenvalue weighted by atomic mass is 16.3. The van der Waals surface area contributed by atoms with Crippen LogP contribution < -0.4 is 16.5 Å². The fraction of sp³-hybridized carbons (Fsp3) is 0.769. The Labute approximate surface area is 123 Å². The average molecular weight is 298 g/mol. The Morgan fingerprint density at radius 2 is 2.00 bits per heavy atom.